The van der Waals surface area contributed by atoms with Crippen LogP contribution in [0.2, 0.25) is 5.02 Å². The average molecular weight is 430 g/mol. The minimum absolute atomic E-state index is 0.317. The maximum Gasteiger partial charge on any atom is 0.272 e. The minimum atomic E-state index is -1.05. The Balaban J connectivity index is 1.67. The monoisotopic (exact) mass is 429 g/mol. The topological polar surface area (TPSA) is 61.8 Å². The summed E-state index contributed by atoms with van der Waals surface area (Å²) in [6.07, 6.45) is 1.96. The summed E-state index contributed by atoms with van der Waals surface area (Å²) < 4.78 is 0. The largest absolute Gasteiger partial charge is 0.323 e. The van der Waals surface area contributed by atoms with Gasteiger partial charge in [-0.1, -0.05) is 72.3 Å². The van der Waals surface area contributed by atoms with E-state index in [0.29, 0.717) is 10.7 Å². The molecule has 1 atom stereocenters. The molecule has 1 aliphatic rings. The number of carbonyl (C=O) groups excluding carboxylic acids is 2. The molecule has 3 aromatic rings. The molecule has 31 heavy (non-hydrogen) atoms. The number of benzene rings is 3. The van der Waals surface area contributed by atoms with Crippen molar-refractivity contribution in [1.82, 2.24) is 5.32 Å². The van der Waals surface area contributed by atoms with E-state index in [2.05, 4.69) is 10.3 Å². The zero-order chi connectivity index (χ0) is 21.8. The van der Waals surface area contributed by atoms with Gasteiger partial charge in [0, 0.05) is 29.3 Å². The lowest BCUT2D eigenvalue weighted by molar-refractivity contribution is -0.124. The van der Waals surface area contributed by atoms with Crippen molar-refractivity contribution in [2.45, 2.75) is 6.17 Å². The molecule has 6 heteroatoms. The number of amides is 2. The van der Waals surface area contributed by atoms with Gasteiger partial charge in [0.1, 0.15) is 0 Å². The molecule has 0 spiro atoms. The summed E-state index contributed by atoms with van der Waals surface area (Å²) in [5, 5.41) is 3.30. The summed E-state index contributed by atoms with van der Waals surface area (Å²) in [6.45, 7) is 0. The van der Waals surface area contributed by atoms with Crippen molar-refractivity contribution in [3.8, 4) is 0 Å². The van der Waals surface area contributed by atoms with Crippen LogP contribution in [0.25, 0.3) is 6.08 Å². The second-order valence-corrected chi connectivity index (χ2v) is 7.49. The van der Waals surface area contributed by atoms with Gasteiger partial charge in [0.05, 0.1) is 11.4 Å². The number of benzodiazepines with no additional fused rings is 1. The van der Waals surface area contributed by atoms with Crippen molar-refractivity contribution in [2.24, 2.45) is 4.99 Å². The molecule has 0 bridgehead atoms. The highest BCUT2D eigenvalue weighted by molar-refractivity contribution is 6.30. The zero-order valence-corrected chi connectivity index (χ0v) is 17.6. The molecule has 4 rings (SSSR count). The summed E-state index contributed by atoms with van der Waals surface area (Å²) >= 11 is 5.99. The highest BCUT2D eigenvalue weighted by Gasteiger charge is 2.30. The van der Waals surface area contributed by atoms with Gasteiger partial charge in [-0.15, -0.1) is 0 Å². The second-order valence-electron chi connectivity index (χ2n) is 7.06. The van der Waals surface area contributed by atoms with Crippen LogP contribution in [0, 0.1) is 0 Å². The van der Waals surface area contributed by atoms with E-state index in [1.165, 1.54) is 11.0 Å². The minimum Gasteiger partial charge on any atom is -0.323 e. The number of para-hydroxylation sites is 1. The highest BCUT2D eigenvalue weighted by Crippen LogP contribution is 2.27. The van der Waals surface area contributed by atoms with E-state index in [-0.39, 0.29) is 5.91 Å². The molecule has 0 saturated carbocycles. The lowest BCUT2D eigenvalue weighted by Crippen LogP contribution is -2.45. The van der Waals surface area contributed by atoms with Crippen LogP contribution >= 0.6 is 11.6 Å². The lowest BCUT2D eigenvalue weighted by Gasteiger charge is -2.20. The number of aliphatic imine (C=N–C) groups is 1. The van der Waals surface area contributed by atoms with E-state index in [4.69, 9.17) is 11.6 Å². The standard InChI is InChI=1S/C25H20ClN3O2/c1-29-21-13-6-5-12-20(21)23(18-9-3-2-4-10-18)28-24(25(29)31)27-22(30)15-14-17-8-7-11-19(26)16-17/h2-16,24H,1H3,(H,27,30)/b15-14+. The van der Waals surface area contributed by atoms with Crippen LogP contribution in [0.3, 0.4) is 0 Å². The third-order valence-electron chi connectivity index (χ3n) is 4.95. The summed E-state index contributed by atoms with van der Waals surface area (Å²) in [5.74, 6) is -0.739. The van der Waals surface area contributed by atoms with Crippen LogP contribution in [-0.4, -0.2) is 30.7 Å². The smallest absolute Gasteiger partial charge is 0.272 e. The van der Waals surface area contributed by atoms with Gasteiger partial charge in [0.25, 0.3) is 5.91 Å². The average Bonchev–Trinajstić information content (AvgIpc) is 2.89. The molecule has 1 aliphatic heterocycles. The Hall–Kier alpha value is -3.70. The molecule has 3 aromatic carbocycles. The second kappa shape index (κ2) is 8.98. The molecule has 1 N–H and O–H groups in total. The molecule has 0 fully saturated rings. The van der Waals surface area contributed by atoms with Gasteiger partial charge in [-0.3, -0.25) is 9.59 Å². The summed E-state index contributed by atoms with van der Waals surface area (Å²) in [4.78, 5) is 31.9. The molecular formula is C25H20ClN3O2. The van der Waals surface area contributed by atoms with Crippen molar-refractivity contribution in [3.05, 3.63) is 107 Å². The zero-order valence-electron chi connectivity index (χ0n) is 16.8. The molecule has 5 nitrogen and oxygen atoms in total. The van der Waals surface area contributed by atoms with Gasteiger partial charge in [-0.2, -0.15) is 0 Å². The Labute approximate surface area is 185 Å². The van der Waals surface area contributed by atoms with Crippen LogP contribution in [0.5, 0.6) is 0 Å². The Morgan fingerprint density at radius 3 is 2.55 bits per heavy atom. The first-order chi connectivity index (χ1) is 15.0. The SMILES string of the molecule is CN1C(=O)C(NC(=O)/C=C/c2cccc(Cl)c2)N=C(c2ccccc2)c2ccccc21. The van der Waals surface area contributed by atoms with Crippen LogP contribution in [-0.2, 0) is 9.59 Å². The number of fused-ring (bicyclic) bond motifs is 1. The number of hydrogen-bond acceptors (Lipinski definition) is 3. The molecule has 0 radical (unpaired) electrons. The van der Waals surface area contributed by atoms with Gasteiger partial charge >= 0.3 is 0 Å². The third-order valence-corrected chi connectivity index (χ3v) is 5.18. The summed E-state index contributed by atoms with van der Waals surface area (Å²) in [5.41, 5.74) is 3.87. The first-order valence-electron chi connectivity index (χ1n) is 9.77. The van der Waals surface area contributed by atoms with E-state index in [0.717, 1.165) is 22.4 Å². The van der Waals surface area contributed by atoms with Crippen LogP contribution in [0.15, 0.2) is 89.9 Å². The number of rotatable bonds is 4. The van der Waals surface area contributed by atoms with Gasteiger partial charge in [0.15, 0.2) is 0 Å². The van der Waals surface area contributed by atoms with Gasteiger partial charge in [-0.25, -0.2) is 4.99 Å². The Kier molecular flexibility index (Phi) is 5.96. The number of nitrogens with zero attached hydrogens (tertiary/aromatic N) is 2. The molecule has 0 aliphatic carbocycles. The molecule has 1 heterocycles. The van der Waals surface area contributed by atoms with E-state index < -0.39 is 12.1 Å². The number of carbonyl (C=O) groups is 2. The Morgan fingerprint density at radius 1 is 1.03 bits per heavy atom. The number of anilines is 1. The molecule has 154 valence electrons. The van der Waals surface area contributed by atoms with Gasteiger partial charge in [0.2, 0.25) is 12.1 Å². The normalized spacial score (nSPS) is 15.9. The van der Waals surface area contributed by atoms with E-state index in [1.54, 1.807) is 31.3 Å². The van der Waals surface area contributed by atoms with Gasteiger partial charge < -0.3 is 10.2 Å². The van der Waals surface area contributed by atoms with Crippen molar-refractivity contribution in [3.63, 3.8) is 0 Å². The van der Waals surface area contributed by atoms with E-state index in [1.807, 2.05) is 60.7 Å². The number of hydrogen-bond donors (Lipinski definition) is 1. The molecular weight excluding hydrogens is 410 g/mol. The quantitative estimate of drug-likeness (QED) is 0.628. The van der Waals surface area contributed by atoms with Crippen molar-refractivity contribution >= 4 is 40.9 Å². The van der Waals surface area contributed by atoms with E-state index in [9.17, 15) is 9.59 Å². The fourth-order valence-corrected chi connectivity index (χ4v) is 3.61. The fraction of sp³-hybridized carbons (Fsp3) is 0.0800. The molecule has 0 aromatic heterocycles. The van der Waals surface area contributed by atoms with Gasteiger partial charge in [-0.05, 0) is 29.8 Å². The Bertz CT molecular complexity index is 1190. The van der Waals surface area contributed by atoms with E-state index >= 15 is 0 Å². The van der Waals surface area contributed by atoms with Crippen molar-refractivity contribution < 1.29 is 9.59 Å². The van der Waals surface area contributed by atoms with Crippen LogP contribution in [0.1, 0.15) is 16.7 Å². The van der Waals surface area contributed by atoms with Crippen molar-refractivity contribution in [2.75, 3.05) is 11.9 Å². The fourth-order valence-electron chi connectivity index (χ4n) is 3.41. The first-order valence-corrected chi connectivity index (χ1v) is 10.1. The molecule has 0 saturated heterocycles. The Morgan fingerprint density at radius 2 is 1.77 bits per heavy atom. The summed E-state index contributed by atoms with van der Waals surface area (Å²) in [6, 6.07) is 24.3. The predicted octanol–water partition coefficient (Wildman–Crippen LogP) is 4.31. The first kappa shape index (κ1) is 20.6. The maximum atomic E-state index is 13.1. The molecule has 2 amide bonds. The van der Waals surface area contributed by atoms with Crippen LogP contribution in [0.4, 0.5) is 5.69 Å². The third kappa shape index (κ3) is 4.57. The molecule has 1 unspecified atom stereocenters. The number of likely N-dealkylation sites (N-methyl/N-ethyl adjacent to an activating group) is 1. The summed E-state index contributed by atoms with van der Waals surface area (Å²) in [7, 11) is 1.69. The van der Waals surface area contributed by atoms with Crippen LogP contribution < -0.4 is 10.2 Å². The van der Waals surface area contributed by atoms with Crippen molar-refractivity contribution in [1.29, 1.82) is 0 Å². The highest BCUT2D eigenvalue weighted by atomic mass is 35.5. The predicted molar refractivity (Wildman–Crippen MR) is 124 cm³/mol. The maximum absolute atomic E-state index is 13.1. The number of halogens is 1. The number of nitrogens with one attached hydrogen (secondary N) is 1. The lowest BCUT2D eigenvalue weighted by atomic mass is 10.0.